The zero-order chi connectivity index (χ0) is 27.3. The van der Waals surface area contributed by atoms with Crippen LogP contribution in [0.15, 0.2) is 60.7 Å². The zero-order valence-corrected chi connectivity index (χ0v) is 25.0. The predicted molar refractivity (Wildman–Crippen MR) is 156 cm³/mol. The van der Waals surface area contributed by atoms with Gasteiger partial charge in [-0.25, -0.2) is 0 Å². The van der Waals surface area contributed by atoms with E-state index < -0.39 is 14.4 Å². The number of hydrogen-bond acceptors (Lipinski definition) is 4. The Labute approximate surface area is 224 Å². The number of hydrogen-bond donors (Lipinski definition) is 1. The summed E-state index contributed by atoms with van der Waals surface area (Å²) in [6, 6.07) is 20.1. The number of ether oxygens (including phenoxy) is 2. The molecule has 1 N–H and O–H groups in total. The average Bonchev–Trinajstić information content (AvgIpc) is 2.85. The molecule has 3 aromatic carbocycles. The van der Waals surface area contributed by atoms with Crippen LogP contribution in [0.3, 0.4) is 0 Å². The van der Waals surface area contributed by atoms with Crippen molar-refractivity contribution in [1.82, 2.24) is 0 Å². The molecular formula is C32H44O4Si. The van der Waals surface area contributed by atoms with Crippen LogP contribution in [0, 0.1) is 13.8 Å². The van der Waals surface area contributed by atoms with Gasteiger partial charge in [0.1, 0.15) is 17.6 Å². The summed E-state index contributed by atoms with van der Waals surface area (Å²) in [7, 11) is -0.465. The third-order valence-corrected chi connectivity index (χ3v) is 13.6. The van der Waals surface area contributed by atoms with Crippen molar-refractivity contribution >= 4 is 8.32 Å². The molecule has 1 unspecified atom stereocenters. The molecule has 0 aliphatic heterocycles. The van der Waals surface area contributed by atoms with E-state index in [9.17, 15) is 5.11 Å². The molecule has 0 aromatic heterocycles. The molecule has 1 atom stereocenters. The number of methoxy groups -OCH3 is 1. The minimum Gasteiger partial charge on any atom is -0.543 e. The number of benzene rings is 3. The lowest BCUT2D eigenvalue weighted by Crippen LogP contribution is -2.50. The van der Waals surface area contributed by atoms with Crippen molar-refractivity contribution in [2.75, 3.05) is 13.9 Å². The molecule has 200 valence electrons. The standard InChI is InChI=1S/C32H44O4Si/c1-21(2)37(22(3)4,23(5)6)36-28-17-24(7)31(25(8)18-28)32(33)27-15-16-30(35-20-34-9)29(19-27)26-13-11-10-12-14-26/h10-19,21-23,32-33H,20H2,1-9H3. The fraction of sp³-hybridized carbons (Fsp3) is 0.438. The predicted octanol–water partition coefficient (Wildman–Crippen LogP) is 8.59. The van der Waals surface area contributed by atoms with Gasteiger partial charge in [-0.2, -0.15) is 0 Å². The van der Waals surface area contributed by atoms with Gasteiger partial charge in [-0.1, -0.05) is 77.9 Å². The van der Waals surface area contributed by atoms with E-state index in [2.05, 4.69) is 67.5 Å². The molecule has 3 aromatic rings. The van der Waals surface area contributed by atoms with E-state index in [1.165, 1.54) is 0 Å². The lowest BCUT2D eigenvalue weighted by molar-refractivity contribution is 0.0515. The van der Waals surface area contributed by atoms with Gasteiger partial charge < -0.3 is 19.0 Å². The second-order valence-corrected chi connectivity index (χ2v) is 16.3. The molecule has 0 heterocycles. The highest BCUT2D eigenvalue weighted by Gasteiger charge is 2.47. The van der Waals surface area contributed by atoms with E-state index in [0.717, 1.165) is 44.9 Å². The van der Waals surface area contributed by atoms with Crippen LogP contribution in [0.1, 0.15) is 69.9 Å². The Bertz CT molecular complexity index is 1130. The van der Waals surface area contributed by atoms with E-state index in [-0.39, 0.29) is 6.79 Å². The Balaban J connectivity index is 2.01. The molecule has 37 heavy (non-hydrogen) atoms. The largest absolute Gasteiger partial charge is 0.543 e. The fourth-order valence-electron chi connectivity index (χ4n) is 5.96. The zero-order valence-electron chi connectivity index (χ0n) is 24.0. The highest BCUT2D eigenvalue weighted by Crippen LogP contribution is 2.44. The Kier molecular flexibility index (Phi) is 9.62. The molecule has 0 aliphatic rings. The second-order valence-electron chi connectivity index (χ2n) is 11.0. The third kappa shape index (κ3) is 6.11. The average molecular weight is 521 g/mol. The lowest BCUT2D eigenvalue weighted by atomic mass is 9.91. The van der Waals surface area contributed by atoms with Crippen LogP contribution in [0.25, 0.3) is 11.1 Å². The molecule has 0 saturated carbocycles. The van der Waals surface area contributed by atoms with Gasteiger partial charge in [-0.15, -0.1) is 0 Å². The summed E-state index contributed by atoms with van der Waals surface area (Å²) < 4.78 is 17.9. The second kappa shape index (κ2) is 12.3. The van der Waals surface area contributed by atoms with Gasteiger partial charge in [-0.05, 0) is 82.6 Å². The molecule has 5 heteroatoms. The summed E-state index contributed by atoms with van der Waals surface area (Å²) in [4.78, 5) is 0. The van der Waals surface area contributed by atoms with Crippen LogP contribution in [0.5, 0.6) is 11.5 Å². The van der Waals surface area contributed by atoms with Crippen molar-refractivity contribution in [3.63, 3.8) is 0 Å². The summed E-state index contributed by atoms with van der Waals surface area (Å²) in [6.07, 6.45) is -0.768. The van der Waals surface area contributed by atoms with E-state index in [1.807, 2.05) is 48.5 Å². The van der Waals surface area contributed by atoms with Crippen molar-refractivity contribution in [3.05, 3.63) is 82.9 Å². The summed E-state index contributed by atoms with van der Waals surface area (Å²) in [5.41, 5.74) is 7.23. The Morgan fingerprint density at radius 3 is 1.86 bits per heavy atom. The van der Waals surface area contributed by atoms with Crippen LogP contribution < -0.4 is 9.16 Å². The van der Waals surface area contributed by atoms with Crippen LogP contribution in [-0.2, 0) is 4.74 Å². The molecule has 4 nitrogen and oxygen atoms in total. The molecular weight excluding hydrogens is 476 g/mol. The van der Waals surface area contributed by atoms with Gasteiger partial charge in [-0.3, -0.25) is 0 Å². The molecule has 0 fully saturated rings. The number of aryl methyl sites for hydroxylation is 2. The monoisotopic (exact) mass is 520 g/mol. The van der Waals surface area contributed by atoms with E-state index in [0.29, 0.717) is 16.6 Å². The maximum absolute atomic E-state index is 11.6. The first kappa shape index (κ1) is 29.0. The molecule has 0 bridgehead atoms. The molecule has 0 saturated heterocycles. The van der Waals surface area contributed by atoms with Crippen LogP contribution in [-0.4, -0.2) is 27.3 Å². The van der Waals surface area contributed by atoms with Crippen LogP contribution in [0.4, 0.5) is 0 Å². The maximum atomic E-state index is 11.6. The first-order valence-electron chi connectivity index (χ1n) is 13.3. The highest BCUT2D eigenvalue weighted by molar-refractivity contribution is 6.78. The third-order valence-electron chi connectivity index (χ3n) is 7.58. The van der Waals surface area contributed by atoms with E-state index >= 15 is 0 Å². The Morgan fingerprint density at radius 2 is 1.35 bits per heavy atom. The Hall–Kier alpha value is -2.60. The highest BCUT2D eigenvalue weighted by atomic mass is 28.4. The van der Waals surface area contributed by atoms with E-state index in [4.69, 9.17) is 13.9 Å². The molecule has 0 amide bonds. The summed E-state index contributed by atoms with van der Waals surface area (Å²) in [5.74, 6) is 1.64. The van der Waals surface area contributed by atoms with Crippen molar-refractivity contribution in [1.29, 1.82) is 0 Å². The van der Waals surface area contributed by atoms with Gasteiger partial charge in [0, 0.05) is 12.7 Å². The quantitative estimate of drug-likeness (QED) is 0.203. The number of aliphatic hydroxyl groups excluding tert-OH is 1. The minimum atomic E-state index is -2.07. The first-order valence-corrected chi connectivity index (χ1v) is 15.5. The summed E-state index contributed by atoms with van der Waals surface area (Å²) >= 11 is 0. The van der Waals surface area contributed by atoms with Gasteiger partial charge in [0.2, 0.25) is 0 Å². The van der Waals surface area contributed by atoms with E-state index in [1.54, 1.807) is 7.11 Å². The van der Waals surface area contributed by atoms with Gasteiger partial charge >= 0.3 is 0 Å². The molecule has 0 spiro atoms. The van der Waals surface area contributed by atoms with Gasteiger partial charge in [0.25, 0.3) is 8.32 Å². The minimum absolute atomic E-state index is 0.162. The summed E-state index contributed by atoms with van der Waals surface area (Å²) in [6.45, 7) is 18.1. The van der Waals surface area contributed by atoms with Crippen molar-refractivity contribution in [2.24, 2.45) is 0 Å². The summed E-state index contributed by atoms with van der Waals surface area (Å²) in [5, 5.41) is 11.6. The van der Waals surface area contributed by atoms with Gasteiger partial charge in [0.15, 0.2) is 6.79 Å². The van der Waals surface area contributed by atoms with Crippen molar-refractivity contribution < 1.29 is 19.0 Å². The maximum Gasteiger partial charge on any atom is 0.258 e. The fourth-order valence-corrected chi connectivity index (χ4v) is 11.2. The topological polar surface area (TPSA) is 47.9 Å². The van der Waals surface area contributed by atoms with Crippen molar-refractivity contribution in [2.45, 2.75) is 78.1 Å². The Morgan fingerprint density at radius 1 is 0.784 bits per heavy atom. The first-order chi connectivity index (χ1) is 17.5. The molecule has 3 rings (SSSR count). The van der Waals surface area contributed by atoms with Gasteiger partial charge in [0.05, 0.1) is 0 Å². The normalized spacial score (nSPS) is 12.9. The van der Waals surface area contributed by atoms with Crippen LogP contribution in [0.2, 0.25) is 16.6 Å². The van der Waals surface area contributed by atoms with Crippen molar-refractivity contribution in [3.8, 4) is 22.6 Å². The molecule has 0 radical (unpaired) electrons. The SMILES string of the molecule is COCOc1ccc(C(O)c2c(C)cc(O[Si](C(C)C)(C(C)C)C(C)C)cc2C)cc1-c1ccccc1. The lowest BCUT2D eigenvalue weighted by Gasteiger charge is -2.42. The number of aliphatic hydroxyl groups is 1. The smallest absolute Gasteiger partial charge is 0.258 e. The number of rotatable bonds is 11. The molecule has 0 aliphatic carbocycles. The van der Waals surface area contributed by atoms with Crippen LogP contribution >= 0.6 is 0 Å².